The Morgan fingerprint density at radius 1 is 1.09 bits per heavy atom. The maximum atomic E-state index is 11.4. The van der Waals surface area contributed by atoms with Crippen molar-refractivity contribution in [3.8, 4) is 5.75 Å². The third kappa shape index (κ3) is 4.90. The predicted molar refractivity (Wildman–Crippen MR) is 138 cm³/mol. The molecular weight excluding hydrogens is 442 g/mol. The van der Waals surface area contributed by atoms with Crippen LogP contribution in [-0.4, -0.2) is 21.8 Å². The van der Waals surface area contributed by atoms with E-state index in [2.05, 4.69) is 48.6 Å². The van der Waals surface area contributed by atoms with Crippen molar-refractivity contribution in [2.45, 2.75) is 44.5 Å². The molecule has 1 aliphatic heterocycles. The van der Waals surface area contributed by atoms with Crippen molar-refractivity contribution in [3.63, 3.8) is 0 Å². The van der Waals surface area contributed by atoms with Gasteiger partial charge in [0.25, 0.3) is 0 Å². The first kappa shape index (κ1) is 22.7. The highest BCUT2D eigenvalue weighted by atomic mass is 32.2. The normalized spacial score (nSPS) is 17.7. The predicted octanol–water partition coefficient (Wildman–Crippen LogP) is 6.57. The van der Waals surface area contributed by atoms with Crippen LogP contribution in [0.3, 0.4) is 0 Å². The van der Waals surface area contributed by atoms with Gasteiger partial charge in [0.15, 0.2) is 0 Å². The summed E-state index contributed by atoms with van der Waals surface area (Å²) in [6, 6.07) is 18.9. The van der Waals surface area contributed by atoms with Crippen LogP contribution >= 0.6 is 11.8 Å². The van der Waals surface area contributed by atoms with Crippen LogP contribution in [0.4, 0.5) is 0 Å². The summed E-state index contributed by atoms with van der Waals surface area (Å²) in [5.74, 6) is 0.219. The van der Waals surface area contributed by atoms with Crippen LogP contribution in [0.1, 0.15) is 64.2 Å². The van der Waals surface area contributed by atoms with E-state index >= 15 is 0 Å². The van der Waals surface area contributed by atoms with E-state index in [0.29, 0.717) is 12.4 Å². The molecule has 0 fully saturated rings. The van der Waals surface area contributed by atoms with Gasteiger partial charge in [-0.1, -0.05) is 49.4 Å². The van der Waals surface area contributed by atoms with E-state index in [1.807, 2.05) is 18.2 Å². The quantitative estimate of drug-likeness (QED) is 0.441. The van der Waals surface area contributed by atoms with Crippen LogP contribution in [0, 0.1) is 5.92 Å². The average molecular weight is 472 g/mol. The maximum Gasteiger partial charge on any atom is 0.307 e. The van der Waals surface area contributed by atoms with E-state index in [-0.39, 0.29) is 5.25 Å². The van der Waals surface area contributed by atoms with Crippen LogP contribution in [0.15, 0.2) is 54.6 Å². The second kappa shape index (κ2) is 10.1. The van der Waals surface area contributed by atoms with Crippen molar-refractivity contribution in [3.05, 3.63) is 93.8 Å². The molecule has 4 nitrogen and oxygen atoms in total. The molecule has 2 heterocycles. The standard InChI is InChI=1S/C29H29NO3S/c1-19(29(31)32)18-34-28-24-8-4-2-7-22(24)17-33-27-15-11-20(16-25(27)28)10-13-23-14-12-21-6-3-5-9-26(21)30-23/h2,4,7-8,10-16,19,28H,3,5-6,9,17-18H2,1H3,(H,31,32)/b13-10+/t19-,28?/m0/s1. The molecule has 1 aromatic heterocycles. The Hall–Kier alpha value is -3.05. The number of ether oxygens (including phenoxy) is 1. The fraction of sp³-hybridized carbons (Fsp3) is 0.310. The van der Waals surface area contributed by atoms with E-state index in [1.54, 1.807) is 18.7 Å². The first-order valence-electron chi connectivity index (χ1n) is 11.9. The number of carboxylic acids is 1. The van der Waals surface area contributed by atoms with Gasteiger partial charge in [-0.25, -0.2) is 0 Å². The van der Waals surface area contributed by atoms with Crippen molar-refractivity contribution in [2.24, 2.45) is 5.92 Å². The number of nitrogens with zero attached hydrogens (tertiary/aromatic N) is 1. The number of aromatic nitrogens is 1. The summed E-state index contributed by atoms with van der Waals surface area (Å²) in [5.41, 5.74) is 8.13. The van der Waals surface area contributed by atoms with Gasteiger partial charge in [-0.15, -0.1) is 11.8 Å². The molecule has 0 bridgehead atoms. The highest BCUT2D eigenvalue weighted by Gasteiger charge is 2.26. The number of pyridine rings is 1. The molecule has 1 N–H and O–H groups in total. The first-order valence-corrected chi connectivity index (χ1v) is 13.0. The molecule has 0 spiro atoms. The smallest absolute Gasteiger partial charge is 0.307 e. The summed E-state index contributed by atoms with van der Waals surface area (Å²) in [6.07, 6.45) is 8.87. The van der Waals surface area contributed by atoms with Gasteiger partial charge in [0.1, 0.15) is 12.4 Å². The molecule has 5 rings (SSSR count). The minimum atomic E-state index is -0.764. The van der Waals surface area contributed by atoms with Gasteiger partial charge in [0.2, 0.25) is 0 Å². The lowest BCUT2D eigenvalue weighted by atomic mass is 9.96. The minimum absolute atomic E-state index is 0.0192. The monoisotopic (exact) mass is 471 g/mol. The molecule has 174 valence electrons. The van der Waals surface area contributed by atoms with Crippen molar-refractivity contribution < 1.29 is 14.6 Å². The summed E-state index contributed by atoms with van der Waals surface area (Å²) >= 11 is 1.67. The van der Waals surface area contributed by atoms with Crippen molar-refractivity contribution in [1.82, 2.24) is 4.98 Å². The molecule has 2 atom stereocenters. The lowest BCUT2D eigenvalue weighted by Gasteiger charge is -2.20. The zero-order valence-electron chi connectivity index (χ0n) is 19.4. The Morgan fingerprint density at radius 3 is 2.82 bits per heavy atom. The molecular formula is C29H29NO3S. The number of carboxylic acid groups (broad SMARTS) is 1. The van der Waals surface area contributed by atoms with Crippen molar-refractivity contribution >= 4 is 29.9 Å². The zero-order chi connectivity index (χ0) is 23.5. The molecule has 0 amide bonds. The Bertz CT molecular complexity index is 1240. The molecule has 0 saturated heterocycles. The molecule has 2 aliphatic rings. The number of aryl methyl sites for hydroxylation is 2. The summed E-state index contributed by atoms with van der Waals surface area (Å²) in [7, 11) is 0. The van der Waals surface area contributed by atoms with E-state index in [1.165, 1.54) is 29.7 Å². The lowest BCUT2D eigenvalue weighted by Crippen LogP contribution is -2.13. The number of fused-ring (bicyclic) bond motifs is 3. The number of hydrogen-bond donors (Lipinski definition) is 1. The highest BCUT2D eigenvalue weighted by molar-refractivity contribution is 7.99. The van der Waals surface area contributed by atoms with Gasteiger partial charge in [-0.05, 0) is 72.2 Å². The van der Waals surface area contributed by atoms with Crippen LogP contribution in [0.5, 0.6) is 5.75 Å². The SMILES string of the molecule is C[C@@H](CSC1c2ccccc2COc2ccc(/C=C/c3ccc4c(n3)CCCC4)cc21)C(=O)O. The van der Waals surface area contributed by atoms with Crippen molar-refractivity contribution in [2.75, 3.05) is 5.75 Å². The van der Waals surface area contributed by atoms with E-state index in [0.717, 1.165) is 41.0 Å². The second-order valence-electron chi connectivity index (χ2n) is 9.12. The largest absolute Gasteiger partial charge is 0.489 e. The second-order valence-corrected chi connectivity index (χ2v) is 10.3. The number of thioether (sulfide) groups is 1. The van der Waals surface area contributed by atoms with Crippen LogP contribution < -0.4 is 4.74 Å². The summed E-state index contributed by atoms with van der Waals surface area (Å²) in [6.45, 7) is 2.28. The fourth-order valence-electron chi connectivity index (χ4n) is 4.62. The molecule has 5 heteroatoms. The highest BCUT2D eigenvalue weighted by Crippen LogP contribution is 2.45. The van der Waals surface area contributed by atoms with Gasteiger partial charge in [-0.3, -0.25) is 9.78 Å². The Labute approximate surface area is 205 Å². The summed E-state index contributed by atoms with van der Waals surface area (Å²) in [5, 5.41) is 9.42. The van der Waals surface area contributed by atoms with Crippen molar-refractivity contribution in [1.29, 1.82) is 0 Å². The molecule has 1 aliphatic carbocycles. The zero-order valence-corrected chi connectivity index (χ0v) is 20.2. The topological polar surface area (TPSA) is 59.4 Å². The van der Waals surface area contributed by atoms with Gasteiger partial charge < -0.3 is 9.84 Å². The molecule has 0 radical (unpaired) electrons. The lowest BCUT2D eigenvalue weighted by molar-refractivity contribution is -0.140. The van der Waals surface area contributed by atoms with Crippen LogP contribution in [-0.2, 0) is 24.2 Å². The minimum Gasteiger partial charge on any atom is -0.489 e. The van der Waals surface area contributed by atoms with Gasteiger partial charge in [0.05, 0.1) is 16.9 Å². The fourth-order valence-corrected chi connectivity index (χ4v) is 6.01. The molecule has 1 unspecified atom stereocenters. The summed E-state index contributed by atoms with van der Waals surface area (Å²) < 4.78 is 6.17. The molecule has 0 saturated carbocycles. The Balaban J connectivity index is 1.46. The number of carbonyl (C=O) groups is 1. The van der Waals surface area contributed by atoms with E-state index in [9.17, 15) is 9.90 Å². The van der Waals surface area contributed by atoms with E-state index < -0.39 is 11.9 Å². The Morgan fingerprint density at radius 2 is 1.94 bits per heavy atom. The average Bonchev–Trinajstić information content (AvgIpc) is 3.02. The van der Waals surface area contributed by atoms with Gasteiger partial charge in [-0.2, -0.15) is 0 Å². The van der Waals surface area contributed by atoms with Crippen LogP contribution in [0.25, 0.3) is 12.2 Å². The number of benzene rings is 2. The maximum absolute atomic E-state index is 11.4. The molecule has 34 heavy (non-hydrogen) atoms. The third-order valence-electron chi connectivity index (χ3n) is 6.62. The number of aliphatic carboxylic acids is 1. The first-order chi connectivity index (χ1) is 16.6. The van der Waals surface area contributed by atoms with Gasteiger partial charge in [0, 0.05) is 17.0 Å². The molecule has 2 aromatic carbocycles. The van der Waals surface area contributed by atoms with Crippen LogP contribution in [0.2, 0.25) is 0 Å². The van der Waals surface area contributed by atoms with Gasteiger partial charge >= 0.3 is 5.97 Å². The Kier molecular flexibility index (Phi) is 6.73. The number of hydrogen-bond acceptors (Lipinski definition) is 4. The summed E-state index contributed by atoms with van der Waals surface area (Å²) in [4.78, 5) is 16.3. The number of rotatable bonds is 6. The third-order valence-corrected chi connectivity index (χ3v) is 8.15. The van der Waals surface area contributed by atoms with E-state index in [4.69, 9.17) is 9.72 Å². The molecule has 3 aromatic rings.